The van der Waals surface area contributed by atoms with Crippen molar-refractivity contribution in [2.45, 2.75) is 364 Å². The first-order valence-electron chi connectivity index (χ1n) is 32.6. The maximum atomic E-state index is 13.1. The zero-order valence-electron chi connectivity index (χ0n) is 49.5. The molecule has 0 bridgehead atoms. The number of esters is 1. The molecule has 2 aliphatic rings. The number of carbonyl (C=O) groups is 1. The summed E-state index contributed by atoms with van der Waals surface area (Å²) in [6, 6.07) is 0. The number of carbonyl (C=O) groups excluding carboxylic acids is 1. The van der Waals surface area contributed by atoms with Crippen LogP contribution in [-0.4, -0.2) is 142 Å². The predicted octanol–water partition coefficient (Wildman–Crippen LogP) is 12.8. The topological polar surface area (TPSA) is 214 Å². The normalized spacial score (nSPS) is 24.2. The SMILES string of the molecule is CCCCCCCCCCCCCCCCCCCCCCCCCCC(=O)OC(COCCCCCCCCCCCCCCCCCCCCC)COC1OC(COC2OC(CO)C(O)C(O)C2O)C(O)C(O)C1O. The molecular weight excluding hydrogens is 981 g/mol. The van der Waals surface area contributed by atoms with Gasteiger partial charge in [0.25, 0.3) is 0 Å². The molecule has 7 N–H and O–H groups in total. The zero-order valence-corrected chi connectivity index (χ0v) is 49.5. The summed E-state index contributed by atoms with van der Waals surface area (Å²) in [5, 5.41) is 72.5. The summed E-state index contributed by atoms with van der Waals surface area (Å²) in [5.41, 5.74) is 0. The van der Waals surface area contributed by atoms with Gasteiger partial charge in [0.05, 0.1) is 26.4 Å². The fraction of sp³-hybridized carbons (Fsp3) is 0.984. The second-order valence-corrected chi connectivity index (χ2v) is 23.3. The largest absolute Gasteiger partial charge is 0.457 e. The van der Waals surface area contributed by atoms with E-state index < -0.39 is 80.7 Å². The van der Waals surface area contributed by atoms with E-state index in [1.807, 2.05) is 0 Å². The molecule has 2 rings (SSSR count). The van der Waals surface area contributed by atoms with E-state index in [-0.39, 0.29) is 25.6 Å². The molecule has 14 heteroatoms. The van der Waals surface area contributed by atoms with Crippen molar-refractivity contribution in [1.29, 1.82) is 0 Å². The van der Waals surface area contributed by atoms with Crippen LogP contribution in [0.25, 0.3) is 0 Å². The Morgan fingerprint density at radius 3 is 1.05 bits per heavy atom. The van der Waals surface area contributed by atoms with Crippen LogP contribution < -0.4 is 0 Å². The van der Waals surface area contributed by atoms with Crippen molar-refractivity contribution in [2.24, 2.45) is 0 Å². The minimum atomic E-state index is -1.70. The minimum absolute atomic E-state index is 0.0713. The summed E-state index contributed by atoms with van der Waals surface area (Å²) < 4.78 is 34.5. The lowest BCUT2D eigenvalue weighted by molar-refractivity contribution is -0.332. The number of aliphatic hydroxyl groups is 7. The molecular formula is C63H122O14. The Morgan fingerprint density at radius 1 is 0.377 bits per heavy atom. The fourth-order valence-electron chi connectivity index (χ4n) is 10.9. The van der Waals surface area contributed by atoms with Crippen molar-refractivity contribution in [1.82, 2.24) is 0 Å². The van der Waals surface area contributed by atoms with Gasteiger partial charge in [-0.05, 0) is 12.8 Å². The van der Waals surface area contributed by atoms with Crippen molar-refractivity contribution in [3.8, 4) is 0 Å². The van der Waals surface area contributed by atoms with Gasteiger partial charge in [-0.2, -0.15) is 0 Å². The molecule has 2 saturated heterocycles. The molecule has 77 heavy (non-hydrogen) atoms. The Balaban J connectivity index is 1.65. The lowest BCUT2D eigenvalue weighted by Gasteiger charge is -2.42. The second kappa shape index (κ2) is 50.7. The van der Waals surface area contributed by atoms with Gasteiger partial charge in [0.15, 0.2) is 12.6 Å². The lowest BCUT2D eigenvalue weighted by atomic mass is 9.98. The van der Waals surface area contributed by atoms with E-state index in [0.717, 1.165) is 44.9 Å². The molecule has 2 heterocycles. The zero-order chi connectivity index (χ0) is 55.8. The van der Waals surface area contributed by atoms with Gasteiger partial charge in [0, 0.05) is 13.0 Å². The molecule has 11 atom stereocenters. The lowest BCUT2D eigenvalue weighted by Crippen LogP contribution is -2.61. The van der Waals surface area contributed by atoms with E-state index in [9.17, 15) is 40.5 Å². The Hall–Kier alpha value is -1.01. The van der Waals surface area contributed by atoms with Crippen LogP contribution in [-0.2, 0) is 33.2 Å². The Labute approximate surface area is 470 Å². The highest BCUT2D eigenvalue weighted by Gasteiger charge is 2.47. The summed E-state index contributed by atoms with van der Waals surface area (Å²) in [4.78, 5) is 13.1. The quantitative estimate of drug-likeness (QED) is 0.0223. The number of unbranched alkanes of at least 4 members (excludes halogenated alkanes) is 41. The molecule has 0 aromatic carbocycles. The summed E-state index contributed by atoms with van der Waals surface area (Å²) >= 11 is 0. The number of aliphatic hydroxyl groups excluding tert-OH is 7. The third kappa shape index (κ3) is 36.9. The van der Waals surface area contributed by atoms with Gasteiger partial charge >= 0.3 is 5.97 Å². The predicted molar refractivity (Wildman–Crippen MR) is 308 cm³/mol. The highest BCUT2D eigenvalue weighted by molar-refractivity contribution is 5.69. The molecule has 14 nitrogen and oxygen atoms in total. The first-order valence-corrected chi connectivity index (χ1v) is 32.6. The van der Waals surface area contributed by atoms with Gasteiger partial charge in [-0.25, -0.2) is 0 Å². The smallest absolute Gasteiger partial charge is 0.306 e. The van der Waals surface area contributed by atoms with Crippen LogP contribution in [0.2, 0.25) is 0 Å². The number of ether oxygens (including phenoxy) is 6. The third-order valence-electron chi connectivity index (χ3n) is 16.1. The van der Waals surface area contributed by atoms with Crippen LogP contribution in [0.1, 0.15) is 296 Å². The summed E-state index contributed by atoms with van der Waals surface area (Å²) in [7, 11) is 0. The van der Waals surface area contributed by atoms with Crippen LogP contribution in [0.3, 0.4) is 0 Å². The monoisotopic (exact) mass is 1100 g/mol. The summed E-state index contributed by atoms with van der Waals surface area (Å²) in [5.74, 6) is -0.365. The molecule has 0 saturated carbocycles. The highest BCUT2D eigenvalue weighted by atomic mass is 16.7. The molecule has 458 valence electrons. The average molecular weight is 1100 g/mol. The van der Waals surface area contributed by atoms with Crippen LogP contribution in [0, 0.1) is 0 Å². The molecule has 2 fully saturated rings. The van der Waals surface area contributed by atoms with E-state index in [2.05, 4.69) is 13.8 Å². The summed E-state index contributed by atoms with van der Waals surface area (Å²) in [6.45, 7) is 3.78. The van der Waals surface area contributed by atoms with Crippen molar-refractivity contribution in [3.63, 3.8) is 0 Å². The Morgan fingerprint density at radius 2 is 0.688 bits per heavy atom. The van der Waals surface area contributed by atoms with E-state index in [0.29, 0.717) is 6.61 Å². The number of rotatable bonds is 55. The Bertz CT molecular complexity index is 1280. The highest BCUT2D eigenvalue weighted by Crippen LogP contribution is 2.27. The van der Waals surface area contributed by atoms with Crippen LogP contribution in [0.4, 0.5) is 0 Å². The van der Waals surface area contributed by atoms with Crippen molar-refractivity contribution in [2.75, 3.05) is 33.0 Å². The van der Waals surface area contributed by atoms with Crippen LogP contribution >= 0.6 is 0 Å². The maximum Gasteiger partial charge on any atom is 0.306 e. The molecule has 0 aliphatic carbocycles. The fourth-order valence-corrected chi connectivity index (χ4v) is 10.9. The first kappa shape index (κ1) is 72.1. The average Bonchev–Trinajstić information content (AvgIpc) is 3.43. The summed E-state index contributed by atoms with van der Waals surface area (Å²) in [6.07, 6.45) is 40.3. The molecule has 0 spiro atoms. The van der Waals surface area contributed by atoms with Gasteiger partial charge < -0.3 is 64.2 Å². The van der Waals surface area contributed by atoms with Crippen LogP contribution in [0.15, 0.2) is 0 Å². The molecule has 0 aromatic rings. The van der Waals surface area contributed by atoms with Gasteiger partial charge in [0.1, 0.15) is 54.9 Å². The first-order chi connectivity index (χ1) is 37.6. The van der Waals surface area contributed by atoms with Crippen molar-refractivity contribution < 1.29 is 69.0 Å². The third-order valence-corrected chi connectivity index (χ3v) is 16.1. The molecule has 11 unspecified atom stereocenters. The van der Waals surface area contributed by atoms with Crippen LogP contribution in [0.5, 0.6) is 0 Å². The van der Waals surface area contributed by atoms with E-state index in [1.54, 1.807) is 0 Å². The van der Waals surface area contributed by atoms with Gasteiger partial charge in [-0.3, -0.25) is 4.79 Å². The van der Waals surface area contributed by atoms with Gasteiger partial charge in [0.2, 0.25) is 0 Å². The van der Waals surface area contributed by atoms with E-state index >= 15 is 0 Å². The van der Waals surface area contributed by atoms with Crippen molar-refractivity contribution >= 4 is 5.97 Å². The number of hydrogen-bond acceptors (Lipinski definition) is 14. The van der Waals surface area contributed by atoms with E-state index in [4.69, 9.17) is 28.4 Å². The molecule has 0 aromatic heterocycles. The molecule has 0 radical (unpaired) electrons. The van der Waals surface area contributed by atoms with E-state index in [1.165, 1.54) is 231 Å². The van der Waals surface area contributed by atoms with Crippen molar-refractivity contribution in [3.05, 3.63) is 0 Å². The maximum absolute atomic E-state index is 13.1. The standard InChI is InChI=1S/C63H122O14/c1-3-5-7-9-11-13-15-17-19-21-23-24-25-26-27-28-30-32-34-36-38-40-42-44-46-55(65)75-52(49-72-47-45-43-41-39-37-35-33-31-29-22-20-18-16-14-12-10-8-6-4-2)50-73-62-61(71)59(69)57(67)54(77-62)51-74-63-60(70)58(68)56(66)53(48-64)76-63/h52-54,56-64,66-71H,3-51H2,1-2H3. The number of hydrogen-bond donors (Lipinski definition) is 7. The Kier molecular flexibility index (Phi) is 47.5. The van der Waals surface area contributed by atoms with Gasteiger partial charge in [-0.1, -0.05) is 277 Å². The molecule has 2 aliphatic heterocycles. The second-order valence-electron chi connectivity index (χ2n) is 23.3. The molecule has 0 amide bonds. The minimum Gasteiger partial charge on any atom is -0.457 e. The van der Waals surface area contributed by atoms with Gasteiger partial charge in [-0.15, -0.1) is 0 Å².